The summed E-state index contributed by atoms with van der Waals surface area (Å²) in [4.78, 5) is 23.2. The Bertz CT molecular complexity index is 501. The molecule has 2 rings (SSSR count). The molecule has 0 saturated carbocycles. The summed E-state index contributed by atoms with van der Waals surface area (Å²) in [5.74, 6) is -0.136. The van der Waals surface area contributed by atoms with E-state index in [1.165, 1.54) is 6.07 Å². The molecule has 0 fully saturated rings. The molecule has 0 aliphatic carbocycles. The second-order valence-electron chi connectivity index (χ2n) is 4.11. The maximum Gasteiger partial charge on any atom is 0.265 e. The lowest BCUT2D eigenvalue weighted by molar-refractivity contribution is -0.122. The van der Waals surface area contributed by atoms with Gasteiger partial charge in [0.2, 0.25) is 0 Å². The smallest absolute Gasteiger partial charge is 0.265 e. The number of aliphatic hydroxyl groups is 1. The molecular weight excluding hydrogens is 236 g/mol. The first kappa shape index (κ1) is 12.5. The first-order valence-corrected chi connectivity index (χ1v) is 5.55. The van der Waals surface area contributed by atoms with Crippen molar-refractivity contribution >= 4 is 17.4 Å². The molecule has 1 aromatic carbocycles. The molecule has 1 aliphatic heterocycles. The van der Waals surface area contributed by atoms with Crippen molar-refractivity contribution in [3.8, 4) is 5.75 Å². The van der Waals surface area contributed by atoms with E-state index in [2.05, 4.69) is 5.32 Å². The summed E-state index contributed by atoms with van der Waals surface area (Å²) in [5.41, 5.74) is 6.22. The van der Waals surface area contributed by atoms with Gasteiger partial charge in [-0.25, -0.2) is 0 Å². The van der Waals surface area contributed by atoms with Gasteiger partial charge < -0.3 is 20.9 Å². The van der Waals surface area contributed by atoms with Crippen LogP contribution in [-0.4, -0.2) is 35.5 Å². The first-order valence-electron chi connectivity index (χ1n) is 5.55. The highest BCUT2D eigenvalue weighted by molar-refractivity contribution is 6.03. The Hall–Kier alpha value is -1.92. The van der Waals surface area contributed by atoms with Gasteiger partial charge in [0, 0.05) is 5.56 Å². The number of aliphatic hydroxyl groups excluding tert-OH is 1. The van der Waals surface area contributed by atoms with Crippen LogP contribution in [0.15, 0.2) is 18.2 Å². The van der Waals surface area contributed by atoms with E-state index in [9.17, 15) is 9.59 Å². The van der Waals surface area contributed by atoms with Gasteiger partial charge >= 0.3 is 0 Å². The van der Waals surface area contributed by atoms with E-state index in [1.807, 2.05) is 0 Å². The number of hydrogen-bond donors (Lipinski definition) is 3. The molecule has 0 spiro atoms. The summed E-state index contributed by atoms with van der Waals surface area (Å²) in [6.45, 7) is 1.22. The van der Waals surface area contributed by atoms with Crippen molar-refractivity contribution in [3.05, 3.63) is 23.8 Å². The van der Waals surface area contributed by atoms with E-state index >= 15 is 0 Å². The number of ether oxygens (including phenoxy) is 1. The average molecular weight is 250 g/mol. The van der Waals surface area contributed by atoms with E-state index in [4.69, 9.17) is 15.6 Å². The second kappa shape index (κ2) is 4.75. The number of carbonyl (C=O) groups excluding carboxylic acids is 2. The van der Waals surface area contributed by atoms with Gasteiger partial charge in [0.1, 0.15) is 5.75 Å². The van der Waals surface area contributed by atoms with Crippen molar-refractivity contribution in [3.63, 3.8) is 0 Å². The van der Waals surface area contributed by atoms with Gasteiger partial charge in [-0.2, -0.15) is 0 Å². The predicted molar refractivity (Wildman–Crippen MR) is 64.6 cm³/mol. The number of rotatable bonds is 3. The van der Waals surface area contributed by atoms with Gasteiger partial charge in [-0.3, -0.25) is 9.59 Å². The molecule has 0 aromatic heterocycles. The zero-order valence-electron chi connectivity index (χ0n) is 9.84. The Kier molecular flexibility index (Phi) is 3.31. The standard InChI is InChI=1S/C12H14N2O4/c1-6-12(17)14-9-4-7(2-3-10(9)18-6)11(16)8(13)5-15/h2-4,6,8,15H,5,13H2,1H3,(H,14,17). The molecule has 2 atom stereocenters. The van der Waals surface area contributed by atoms with Gasteiger partial charge in [0.25, 0.3) is 5.91 Å². The van der Waals surface area contributed by atoms with Gasteiger partial charge in [0.05, 0.1) is 18.3 Å². The average Bonchev–Trinajstić information content (AvgIpc) is 2.37. The van der Waals surface area contributed by atoms with Crippen LogP contribution in [0.25, 0.3) is 0 Å². The van der Waals surface area contributed by atoms with Crippen LogP contribution in [0.5, 0.6) is 5.75 Å². The molecule has 0 radical (unpaired) electrons. The normalized spacial score (nSPS) is 19.5. The van der Waals surface area contributed by atoms with E-state index in [0.717, 1.165) is 0 Å². The Morgan fingerprint density at radius 1 is 1.61 bits per heavy atom. The largest absolute Gasteiger partial charge is 0.479 e. The quantitative estimate of drug-likeness (QED) is 0.651. The van der Waals surface area contributed by atoms with Crippen molar-refractivity contribution in [2.75, 3.05) is 11.9 Å². The summed E-state index contributed by atoms with van der Waals surface area (Å²) in [6, 6.07) is 3.70. The lowest BCUT2D eigenvalue weighted by Gasteiger charge is -2.23. The number of amides is 1. The van der Waals surface area contributed by atoms with Crippen LogP contribution in [0.1, 0.15) is 17.3 Å². The highest BCUT2D eigenvalue weighted by atomic mass is 16.5. The van der Waals surface area contributed by atoms with Gasteiger partial charge in [-0.1, -0.05) is 0 Å². The molecule has 1 amide bonds. The van der Waals surface area contributed by atoms with E-state index in [0.29, 0.717) is 17.0 Å². The van der Waals surface area contributed by atoms with E-state index in [1.54, 1.807) is 19.1 Å². The fraction of sp³-hybridized carbons (Fsp3) is 0.333. The Morgan fingerprint density at radius 2 is 2.33 bits per heavy atom. The van der Waals surface area contributed by atoms with Crippen LogP contribution < -0.4 is 15.8 Å². The molecule has 96 valence electrons. The fourth-order valence-corrected chi connectivity index (χ4v) is 1.66. The summed E-state index contributed by atoms with van der Waals surface area (Å²) < 4.78 is 5.36. The molecule has 6 heteroatoms. The van der Waals surface area contributed by atoms with Gasteiger partial charge in [-0.05, 0) is 25.1 Å². The zero-order chi connectivity index (χ0) is 13.3. The first-order chi connectivity index (χ1) is 8.52. The molecule has 1 aliphatic rings. The fourth-order valence-electron chi connectivity index (χ4n) is 1.66. The van der Waals surface area contributed by atoms with Crippen LogP contribution in [0, 0.1) is 0 Å². The number of nitrogens with one attached hydrogen (secondary N) is 1. The van der Waals surface area contributed by atoms with Gasteiger partial charge in [-0.15, -0.1) is 0 Å². The minimum absolute atomic E-state index is 0.265. The number of nitrogens with two attached hydrogens (primary N) is 1. The summed E-state index contributed by atoms with van der Waals surface area (Å²) in [6.07, 6.45) is -0.557. The minimum atomic E-state index is -0.956. The molecule has 4 N–H and O–H groups in total. The van der Waals surface area contributed by atoms with E-state index in [-0.39, 0.29) is 11.7 Å². The highest BCUT2D eigenvalue weighted by Gasteiger charge is 2.25. The van der Waals surface area contributed by atoms with Crippen molar-refractivity contribution in [2.24, 2.45) is 5.73 Å². The number of benzene rings is 1. The number of ketones is 1. The summed E-state index contributed by atoms with van der Waals surface area (Å²) in [5, 5.41) is 11.5. The molecule has 1 aromatic rings. The van der Waals surface area contributed by atoms with Crippen LogP contribution in [-0.2, 0) is 4.79 Å². The number of fused-ring (bicyclic) bond motifs is 1. The number of Topliss-reactive ketones (excluding diaryl/α,β-unsaturated/α-hetero) is 1. The number of anilines is 1. The Balaban J connectivity index is 2.30. The molecule has 2 unspecified atom stereocenters. The van der Waals surface area contributed by atoms with Crippen LogP contribution in [0.3, 0.4) is 0 Å². The molecule has 6 nitrogen and oxygen atoms in total. The Labute approximate surface area is 104 Å². The maximum atomic E-state index is 11.8. The van der Waals surface area contributed by atoms with Crippen molar-refractivity contribution in [2.45, 2.75) is 19.1 Å². The lowest BCUT2D eigenvalue weighted by atomic mass is 10.0. The third-order valence-corrected chi connectivity index (χ3v) is 2.73. The van der Waals surface area contributed by atoms with E-state index < -0.39 is 18.8 Å². The van der Waals surface area contributed by atoms with Gasteiger partial charge in [0.15, 0.2) is 11.9 Å². The van der Waals surface area contributed by atoms with Crippen molar-refractivity contribution in [1.29, 1.82) is 0 Å². The topological polar surface area (TPSA) is 102 Å². The lowest BCUT2D eigenvalue weighted by Crippen LogP contribution is -2.36. The summed E-state index contributed by atoms with van der Waals surface area (Å²) >= 11 is 0. The third kappa shape index (κ3) is 2.20. The molecule has 0 bridgehead atoms. The van der Waals surface area contributed by atoms with Crippen molar-refractivity contribution < 1.29 is 19.4 Å². The molecule has 0 saturated heterocycles. The SMILES string of the molecule is CC1Oc2ccc(C(=O)C(N)CO)cc2NC1=O. The maximum absolute atomic E-state index is 11.8. The number of hydrogen-bond acceptors (Lipinski definition) is 5. The molecular formula is C12H14N2O4. The zero-order valence-corrected chi connectivity index (χ0v) is 9.84. The van der Waals surface area contributed by atoms with Crippen LogP contribution >= 0.6 is 0 Å². The minimum Gasteiger partial charge on any atom is -0.479 e. The van der Waals surface area contributed by atoms with Crippen molar-refractivity contribution in [1.82, 2.24) is 0 Å². The predicted octanol–water partition coefficient (Wildman–Crippen LogP) is -0.0917. The Morgan fingerprint density at radius 3 is 3.00 bits per heavy atom. The monoisotopic (exact) mass is 250 g/mol. The van der Waals surface area contributed by atoms with Crippen LogP contribution in [0.2, 0.25) is 0 Å². The highest BCUT2D eigenvalue weighted by Crippen LogP contribution is 2.30. The van der Waals surface area contributed by atoms with Crippen LogP contribution in [0.4, 0.5) is 5.69 Å². The molecule has 1 heterocycles. The second-order valence-corrected chi connectivity index (χ2v) is 4.11. The third-order valence-electron chi connectivity index (χ3n) is 2.73. The number of carbonyl (C=O) groups is 2. The molecule has 18 heavy (non-hydrogen) atoms. The summed E-state index contributed by atoms with van der Waals surface area (Å²) in [7, 11) is 0.